The zero-order valence-corrected chi connectivity index (χ0v) is 14.1. The quantitative estimate of drug-likeness (QED) is 0.798. The molecule has 0 spiro atoms. The number of hydrogen-bond acceptors (Lipinski definition) is 5. The molecule has 116 valence electrons. The summed E-state index contributed by atoms with van der Waals surface area (Å²) in [6.45, 7) is 4.76. The van der Waals surface area contributed by atoms with Crippen LogP contribution in [0.25, 0.3) is 0 Å². The molecule has 1 aliphatic heterocycles. The molecule has 1 saturated heterocycles. The van der Waals surface area contributed by atoms with Crippen LogP contribution < -0.4 is 10.6 Å². The van der Waals surface area contributed by atoms with Gasteiger partial charge in [0, 0.05) is 41.6 Å². The molecule has 0 radical (unpaired) electrons. The Morgan fingerprint density at radius 2 is 2.27 bits per heavy atom. The molecular weight excluding hydrogens is 314 g/mol. The molecule has 0 unspecified atom stereocenters. The first-order chi connectivity index (χ1) is 10.7. The smallest absolute Gasteiger partial charge is 0.252 e. The van der Waals surface area contributed by atoms with Crippen LogP contribution in [0, 0.1) is 12.8 Å². The van der Waals surface area contributed by atoms with E-state index in [0.29, 0.717) is 5.92 Å². The number of benzene rings is 1. The Labute approximate surface area is 138 Å². The second-order valence-corrected chi connectivity index (χ2v) is 7.46. The van der Waals surface area contributed by atoms with E-state index in [4.69, 9.17) is 0 Å². The largest absolute Gasteiger partial charge is 0.352 e. The molecule has 1 fully saturated rings. The molecule has 1 amide bonds. The van der Waals surface area contributed by atoms with Crippen molar-refractivity contribution in [3.63, 3.8) is 0 Å². The third kappa shape index (κ3) is 3.88. The molecule has 1 aromatic heterocycles. The summed E-state index contributed by atoms with van der Waals surface area (Å²) in [5.41, 5.74) is 1.83. The van der Waals surface area contributed by atoms with Crippen molar-refractivity contribution in [3.8, 4) is 0 Å². The predicted molar refractivity (Wildman–Crippen MR) is 91.5 cm³/mol. The van der Waals surface area contributed by atoms with E-state index < -0.39 is 0 Å². The second kappa shape index (κ2) is 7.26. The monoisotopic (exact) mass is 333 g/mol. The molecule has 6 heteroatoms. The average molecular weight is 333 g/mol. The van der Waals surface area contributed by atoms with Gasteiger partial charge in [0.15, 0.2) is 0 Å². The van der Waals surface area contributed by atoms with Crippen molar-refractivity contribution in [2.24, 2.45) is 5.92 Å². The molecule has 2 aromatic rings. The van der Waals surface area contributed by atoms with Gasteiger partial charge in [0.1, 0.15) is 0 Å². The van der Waals surface area contributed by atoms with Gasteiger partial charge in [0.05, 0.1) is 16.3 Å². The Balaban J connectivity index is 1.62. The highest BCUT2D eigenvalue weighted by molar-refractivity contribution is 7.98. The van der Waals surface area contributed by atoms with E-state index in [2.05, 4.69) is 21.0 Å². The van der Waals surface area contributed by atoms with E-state index in [1.54, 1.807) is 23.1 Å². The Hall–Kier alpha value is -1.37. The van der Waals surface area contributed by atoms with E-state index >= 15 is 0 Å². The zero-order valence-electron chi connectivity index (χ0n) is 12.5. The van der Waals surface area contributed by atoms with E-state index in [1.165, 1.54) is 0 Å². The first kappa shape index (κ1) is 15.5. The lowest BCUT2D eigenvalue weighted by atomic mass is 10.0. The number of amides is 1. The Bertz CT molecular complexity index is 652. The average Bonchev–Trinajstić information content (AvgIpc) is 2.89. The van der Waals surface area contributed by atoms with E-state index in [9.17, 15) is 4.79 Å². The Morgan fingerprint density at radius 3 is 2.95 bits per heavy atom. The maximum absolute atomic E-state index is 12.4. The molecule has 0 atom stereocenters. The number of nitrogens with zero attached hydrogens (tertiary/aromatic N) is 1. The number of carbonyl (C=O) groups excluding carboxylic acids is 1. The maximum Gasteiger partial charge on any atom is 0.252 e. The van der Waals surface area contributed by atoms with Gasteiger partial charge < -0.3 is 10.6 Å². The summed E-state index contributed by atoms with van der Waals surface area (Å²) in [5, 5.41) is 9.41. The Morgan fingerprint density at radius 1 is 1.45 bits per heavy atom. The molecule has 2 N–H and O–H groups in total. The first-order valence-electron chi connectivity index (χ1n) is 7.34. The SMILES string of the molecule is Cc1nc(CSc2ccccc2C(=O)NCC2CNC2)cs1. The zero-order chi connectivity index (χ0) is 15.4. The molecule has 1 aliphatic rings. The summed E-state index contributed by atoms with van der Waals surface area (Å²) in [5.74, 6) is 1.38. The molecule has 0 saturated carbocycles. The fourth-order valence-corrected chi connectivity index (χ4v) is 3.89. The van der Waals surface area contributed by atoms with Gasteiger partial charge in [-0.15, -0.1) is 23.1 Å². The number of thioether (sulfide) groups is 1. The highest BCUT2D eigenvalue weighted by Crippen LogP contribution is 2.26. The number of nitrogens with one attached hydrogen (secondary N) is 2. The summed E-state index contributed by atoms with van der Waals surface area (Å²) < 4.78 is 0. The summed E-state index contributed by atoms with van der Waals surface area (Å²) >= 11 is 3.33. The molecule has 2 heterocycles. The van der Waals surface area contributed by atoms with E-state index in [-0.39, 0.29) is 5.91 Å². The molecule has 0 aliphatic carbocycles. The van der Waals surface area contributed by atoms with Gasteiger partial charge in [0.2, 0.25) is 0 Å². The van der Waals surface area contributed by atoms with Crippen LogP contribution in [0.2, 0.25) is 0 Å². The summed E-state index contributed by atoms with van der Waals surface area (Å²) in [6, 6.07) is 7.78. The van der Waals surface area contributed by atoms with Crippen LogP contribution in [0.15, 0.2) is 34.5 Å². The van der Waals surface area contributed by atoms with Crippen LogP contribution in [0.5, 0.6) is 0 Å². The van der Waals surface area contributed by atoms with Gasteiger partial charge in [-0.25, -0.2) is 4.98 Å². The van der Waals surface area contributed by atoms with Crippen molar-refractivity contribution < 1.29 is 4.79 Å². The number of hydrogen-bond donors (Lipinski definition) is 2. The predicted octanol–water partition coefficient (Wildman–Crippen LogP) is 2.69. The topological polar surface area (TPSA) is 54.0 Å². The third-order valence-corrected chi connectivity index (χ3v) is 5.52. The van der Waals surface area contributed by atoms with Crippen LogP contribution in [-0.4, -0.2) is 30.5 Å². The van der Waals surface area contributed by atoms with Crippen molar-refractivity contribution in [2.75, 3.05) is 19.6 Å². The standard InChI is InChI=1S/C16H19N3OS2/c1-11-19-13(9-21-11)10-22-15-5-3-2-4-14(15)16(20)18-8-12-6-17-7-12/h2-5,9,12,17H,6-8,10H2,1H3,(H,18,20). The summed E-state index contributed by atoms with van der Waals surface area (Å²) in [4.78, 5) is 17.8. The highest BCUT2D eigenvalue weighted by Gasteiger charge is 2.18. The fourth-order valence-electron chi connectivity index (χ4n) is 2.23. The van der Waals surface area contributed by atoms with Gasteiger partial charge in [-0.05, 0) is 19.1 Å². The summed E-state index contributed by atoms with van der Waals surface area (Å²) in [7, 11) is 0. The van der Waals surface area contributed by atoms with Gasteiger partial charge in [-0.1, -0.05) is 12.1 Å². The molecule has 22 heavy (non-hydrogen) atoms. The minimum absolute atomic E-state index is 0.0180. The van der Waals surface area contributed by atoms with Crippen LogP contribution in [0.4, 0.5) is 0 Å². The number of thiazole rings is 1. The van der Waals surface area contributed by atoms with Crippen molar-refractivity contribution in [3.05, 3.63) is 45.9 Å². The lowest BCUT2D eigenvalue weighted by molar-refractivity contribution is 0.0939. The molecule has 0 bridgehead atoms. The normalized spacial score (nSPS) is 14.6. The van der Waals surface area contributed by atoms with Crippen molar-refractivity contribution in [2.45, 2.75) is 17.6 Å². The number of aromatic nitrogens is 1. The van der Waals surface area contributed by atoms with Gasteiger partial charge >= 0.3 is 0 Å². The van der Waals surface area contributed by atoms with E-state index in [0.717, 1.165) is 46.5 Å². The minimum atomic E-state index is 0.0180. The molecule has 4 nitrogen and oxygen atoms in total. The van der Waals surface area contributed by atoms with Crippen molar-refractivity contribution in [1.29, 1.82) is 0 Å². The second-order valence-electron chi connectivity index (χ2n) is 5.38. The number of rotatable bonds is 6. The summed E-state index contributed by atoms with van der Waals surface area (Å²) in [6.07, 6.45) is 0. The Kier molecular flexibility index (Phi) is 5.12. The minimum Gasteiger partial charge on any atom is -0.352 e. The van der Waals surface area contributed by atoms with Crippen molar-refractivity contribution >= 4 is 29.0 Å². The maximum atomic E-state index is 12.4. The molecule has 3 rings (SSSR count). The van der Waals surface area contributed by atoms with E-state index in [1.807, 2.05) is 31.2 Å². The lowest BCUT2D eigenvalue weighted by Gasteiger charge is -2.27. The van der Waals surface area contributed by atoms with Gasteiger partial charge in [0.25, 0.3) is 5.91 Å². The molecular formula is C16H19N3OS2. The number of carbonyl (C=O) groups is 1. The van der Waals surface area contributed by atoms with Gasteiger partial charge in [-0.3, -0.25) is 4.79 Å². The number of aryl methyl sites for hydroxylation is 1. The first-order valence-corrected chi connectivity index (χ1v) is 9.20. The molecule has 1 aromatic carbocycles. The highest BCUT2D eigenvalue weighted by atomic mass is 32.2. The van der Waals surface area contributed by atoms with Crippen LogP contribution in [-0.2, 0) is 5.75 Å². The third-order valence-electron chi connectivity index (χ3n) is 3.59. The van der Waals surface area contributed by atoms with Crippen LogP contribution >= 0.6 is 23.1 Å². The van der Waals surface area contributed by atoms with Crippen LogP contribution in [0.1, 0.15) is 21.1 Å². The van der Waals surface area contributed by atoms with Crippen LogP contribution in [0.3, 0.4) is 0 Å². The van der Waals surface area contributed by atoms with Gasteiger partial charge in [-0.2, -0.15) is 0 Å². The fraction of sp³-hybridized carbons (Fsp3) is 0.375. The lowest BCUT2D eigenvalue weighted by Crippen LogP contribution is -2.48. The van der Waals surface area contributed by atoms with Crippen molar-refractivity contribution in [1.82, 2.24) is 15.6 Å².